The Morgan fingerprint density at radius 2 is 2.18 bits per heavy atom. The van der Waals surface area contributed by atoms with Crippen LogP contribution in [0.4, 0.5) is 11.9 Å². The molecule has 0 aromatic carbocycles. The Labute approximate surface area is 100.0 Å². The van der Waals surface area contributed by atoms with Gasteiger partial charge in [-0.3, -0.25) is 0 Å². The second-order valence-electron chi connectivity index (χ2n) is 3.74. The quantitative estimate of drug-likeness (QED) is 0.774. The topological polar surface area (TPSA) is 81.2 Å². The third kappa shape index (κ3) is 3.16. The molecule has 1 unspecified atom stereocenters. The lowest BCUT2D eigenvalue weighted by atomic mass is 10.2. The summed E-state index contributed by atoms with van der Waals surface area (Å²) < 4.78 is 10.5. The lowest BCUT2D eigenvalue weighted by Crippen LogP contribution is -2.20. The Kier molecular flexibility index (Phi) is 3.92. The van der Waals surface area contributed by atoms with E-state index in [1.54, 1.807) is 7.05 Å². The fraction of sp³-hybridized carbons (Fsp3) is 0.700. The zero-order valence-corrected chi connectivity index (χ0v) is 10.1. The average molecular weight is 239 g/mol. The number of nitrogens with zero attached hydrogens (tertiary/aromatic N) is 3. The molecule has 0 amide bonds. The van der Waals surface area contributed by atoms with Crippen LogP contribution in [0.25, 0.3) is 0 Å². The number of ether oxygens (including phenoxy) is 2. The molecule has 7 nitrogen and oxygen atoms in total. The van der Waals surface area contributed by atoms with E-state index in [-0.39, 0.29) is 6.10 Å². The Morgan fingerprint density at radius 3 is 2.82 bits per heavy atom. The molecule has 94 valence electrons. The molecule has 17 heavy (non-hydrogen) atoms. The number of nitrogens with one attached hydrogen (secondary N) is 2. The second kappa shape index (κ2) is 5.62. The van der Waals surface area contributed by atoms with Crippen molar-refractivity contribution in [3.05, 3.63) is 0 Å². The highest BCUT2D eigenvalue weighted by molar-refractivity contribution is 5.35. The van der Waals surface area contributed by atoms with Gasteiger partial charge in [0.25, 0.3) is 0 Å². The third-order valence-electron chi connectivity index (χ3n) is 2.53. The molecule has 0 bridgehead atoms. The summed E-state index contributed by atoms with van der Waals surface area (Å²) in [4.78, 5) is 12.3. The number of aromatic nitrogens is 3. The SMILES string of the molecule is CNc1nc(NCC2CCCO2)nc(OC)n1. The molecule has 7 heteroatoms. The zero-order chi connectivity index (χ0) is 12.1. The molecule has 1 aliphatic heterocycles. The van der Waals surface area contributed by atoms with Crippen LogP contribution in [0.5, 0.6) is 6.01 Å². The average Bonchev–Trinajstić information content (AvgIpc) is 2.89. The number of methoxy groups -OCH3 is 1. The van der Waals surface area contributed by atoms with Crippen molar-refractivity contribution >= 4 is 11.9 Å². The monoisotopic (exact) mass is 239 g/mol. The Bertz CT molecular complexity index is 345. The van der Waals surface area contributed by atoms with Gasteiger partial charge in [0.15, 0.2) is 0 Å². The van der Waals surface area contributed by atoms with Crippen LogP contribution in [0, 0.1) is 0 Å². The molecule has 2 rings (SSSR count). The third-order valence-corrected chi connectivity index (χ3v) is 2.53. The van der Waals surface area contributed by atoms with Crippen molar-refractivity contribution in [3.8, 4) is 6.01 Å². The van der Waals surface area contributed by atoms with Gasteiger partial charge < -0.3 is 20.1 Å². The van der Waals surface area contributed by atoms with E-state index in [2.05, 4.69) is 25.6 Å². The maximum Gasteiger partial charge on any atom is 0.322 e. The van der Waals surface area contributed by atoms with Crippen LogP contribution in [0.1, 0.15) is 12.8 Å². The van der Waals surface area contributed by atoms with E-state index in [9.17, 15) is 0 Å². The van der Waals surface area contributed by atoms with Crippen molar-refractivity contribution < 1.29 is 9.47 Å². The molecule has 0 spiro atoms. The summed E-state index contributed by atoms with van der Waals surface area (Å²) in [5, 5.41) is 5.99. The van der Waals surface area contributed by atoms with Gasteiger partial charge in [-0.05, 0) is 12.8 Å². The first-order valence-corrected chi connectivity index (χ1v) is 5.65. The summed E-state index contributed by atoms with van der Waals surface area (Å²) in [7, 11) is 3.28. The van der Waals surface area contributed by atoms with E-state index in [1.807, 2.05) is 0 Å². The molecule has 1 aromatic heterocycles. The predicted octanol–water partition coefficient (Wildman–Crippen LogP) is 0.513. The number of hydrogen-bond donors (Lipinski definition) is 2. The van der Waals surface area contributed by atoms with Gasteiger partial charge in [0.1, 0.15) is 0 Å². The number of rotatable bonds is 5. The molecule has 0 saturated carbocycles. The number of anilines is 2. The predicted molar refractivity (Wildman–Crippen MR) is 63.4 cm³/mol. The van der Waals surface area contributed by atoms with Crippen molar-refractivity contribution in [2.75, 3.05) is 37.9 Å². The van der Waals surface area contributed by atoms with Gasteiger partial charge in [-0.1, -0.05) is 0 Å². The van der Waals surface area contributed by atoms with Crippen LogP contribution >= 0.6 is 0 Å². The minimum Gasteiger partial charge on any atom is -0.467 e. The minimum atomic E-state index is 0.246. The van der Waals surface area contributed by atoms with Crippen LogP contribution < -0.4 is 15.4 Å². The largest absolute Gasteiger partial charge is 0.467 e. The Hall–Kier alpha value is -1.63. The van der Waals surface area contributed by atoms with E-state index in [4.69, 9.17) is 9.47 Å². The van der Waals surface area contributed by atoms with E-state index < -0.39 is 0 Å². The molecule has 0 aliphatic carbocycles. The highest BCUT2D eigenvalue weighted by atomic mass is 16.5. The highest BCUT2D eigenvalue weighted by Gasteiger charge is 2.15. The molecule has 1 aliphatic rings. The van der Waals surface area contributed by atoms with Gasteiger partial charge in [0.05, 0.1) is 13.2 Å². The Morgan fingerprint density at radius 1 is 1.35 bits per heavy atom. The van der Waals surface area contributed by atoms with E-state index in [1.165, 1.54) is 7.11 Å². The van der Waals surface area contributed by atoms with Crippen molar-refractivity contribution in [2.45, 2.75) is 18.9 Å². The summed E-state index contributed by atoms with van der Waals surface area (Å²) >= 11 is 0. The van der Waals surface area contributed by atoms with Crippen LogP contribution in [0.2, 0.25) is 0 Å². The molecule has 2 heterocycles. The van der Waals surface area contributed by atoms with Gasteiger partial charge in [-0.15, -0.1) is 0 Å². The lowest BCUT2D eigenvalue weighted by Gasteiger charge is -2.11. The minimum absolute atomic E-state index is 0.246. The summed E-state index contributed by atoms with van der Waals surface area (Å²) in [6, 6.07) is 0.291. The van der Waals surface area contributed by atoms with Gasteiger partial charge in [-0.25, -0.2) is 0 Å². The van der Waals surface area contributed by atoms with Crippen LogP contribution in [-0.4, -0.2) is 48.4 Å². The lowest BCUT2D eigenvalue weighted by molar-refractivity contribution is 0.120. The van der Waals surface area contributed by atoms with E-state index in [0.717, 1.165) is 19.4 Å². The second-order valence-corrected chi connectivity index (χ2v) is 3.74. The van der Waals surface area contributed by atoms with Crippen molar-refractivity contribution in [3.63, 3.8) is 0 Å². The molecule has 1 saturated heterocycles. The zero-order valence-electron chi connectivity index (χ0n) is 10.1. The highest BCUT2D eigenvalue weighted by Crippen LogP contribution is 2.14. The van der Waals surface area contributed by atoms with Crippen molar-refractivity contribution in [2.24, 2.45) is 0 Å². The maximum atomic E-state index is 5.51. The molecular formula is C10H17N5O2. The smallest absolute Gasteiger partial charge is 0.322 e. The molecular weight excluding hydrogens is 222 g/mol. The fourth-order valence-corrected chi connectivity index (χ4v) is 1.65. The standard InChI is InChI=1S/C10H17N5O2/c1-11-8-13-9(15-10(14-8)16-2)12-6-7-4-3-5-17-7/h7H,3-6H2,1-2H3,(H2,11,12,13,14,15). The number of hydrogen-bond acceptors (Lipinski definition) is 7. The van der Waals surface area contributed by atoms with Gasteiger partial charge in [0.2, 0.25) is 11.9 Å². The first kappa shape index (κ1) is 11.8. The van der Waals surface area contributed by atoms with Crippen LogP contribution in [-0.2, 0) is 4.74 Å². The Balaban J connectivity index is 1.98. The van der Waals surface area contributed by atoms with Crippen molar-refractivity contribution in [1.82, 2.24) is 15.0 Å². The molecule has 1 fully saturated rings. The molecule has 0 radical (unpaired) electrons. The fourth-order valence-electron chi connectivity index (χ4n) is 1.65. The molecule has 2 N–H and O–H groups in total. The normalized spacial score (nSPS) is 19.1. The van der Waals surface area contributed by atoms with Gasteiger partial charge in [0, 0.05) is 20.2 Å². The first-order chi connectivity index (χ1) is 8.31. The van der Waals surface area contributed by atoms with Crippen LogP contribution in [0.15, 0.2) is 0 Å². The van der Waals surface area contributed by atoms with Crippen LogP contribution in [0.3, 0.4) is 0 Å². The molecule has 1 atom stereocenters. The first-order valence-electron chi connectivity index (χ1n) is 5.65. The summed E-state index contributed by atoms with van der Waals surface area (Å²) in [6.45, 7) is 1.55. The van der Waals surface area contributed by atoms with Gasteiger partial charge >= 0.3 is 6.01 Å². The van der Waals surface area contributed by atoms with E-state index >= 15 is 0 Å². The summed E-state index contributed by atoms with van der Waals surface area (Å²) in [5.41, 5.74) is 0. The summed E-state index contributed by atoms with van der Waals surface area (Å²) in [6.07, 6.45) is 2.44. The maximum absolute atomic E-state index is 5.51. The summed E-state index contributed by atoms with van der Waals surface area (Å²) in [5.74, 6) is 0.975. The molecule has 1 aromatic rings. The van der Waals surface area contributed by atoms with E-state index in [0.29, 0.717) is 24.5 Å². The van der Waals surface area contributed by atoms with Crippen molar-refractivity contribution in [1.29, 1.82) is 0 Å². The van der Waals surface area contributed by atoms with Gasteiger partial charge in [-0.2, -0.15) is 15.0 Å².